The van der Waals surface area contributed by atoms with Crippen molar-refractivity contribution in [3.63, 3.8) is 0 Å². The van der Waals surface area contributed by atoms with Crippen molar-refractivity contribution in [3.8, 4) is 17.0 Å². The van der Waals surface area contributed by atoms with Crippen LogP contribution in [0.2, 0.25) is 0 Å². The van der Waals surface area contributed by atoms with E-state index in [2.05, 4.69) is 39.1 Å². The van der Waals surface area contributed by atoms with Gasteiger partial charge in [0, 0.05) is 24.7 Å². The largest absolute Gasteiger partial charge is 0.497 e. The average molecular weight is 299 g/mol. The summed E-state index contributed by atoms with van der Waals surface area (Å²) < 4.78 is 5.27. The number of anilines is 1. The number of hydrogen-bond donors (Lipinski definition) is 0. The van der Waals surface area contributed by atoms with Crippen molar-refractivity contribution in [2.75, 3.05) is 39.2 Å². The smallest absolute Gasteiger partial charge is 0.245 e. The third-order valence-corrected chi connectivity index (χ3v) is 4.09. The van der Waals surface area contributed by atoms with Crippen molar-refractivity contribution >= 4 is 5.95 Å². The SMILES string of the molecule is COc1cccc(-c2cnnc(N3CCC(N(C)C)C3)n2)c1. The van der Waals surface area contributed by atoms with Gasteiger partial charge in [0.2, 0.25) is 5.95 Å². The van der Waals surface area contributed by atoms with E-state index in [4.69, 9.17) is 4.74 Å². The van der Waals surface area contributed by atoms with E-state index >= 15 is 0 Å². The molecule has 116 valence electrons. The van der Waals surface area contributed by atoms with Crippen molar-refractivity contribution < 1.29 is 4.74 Å². The number of ether oxygens (including phenoxy) is 1. The van der Waals surface area contributed by atoms with Crippen LogP contribution in [0.4, 0.5) is 5.95 Å². The van der Waals surface area contributed by atoms with E-state index in [0.717, 1.165) is 36.5 Å². The second-order valence-corrected chi connectivity index (χ2v) is 5.73. The summed E-state index contributed by atoms with van der Waals surface area (Å²) in [6.45, 7) is 1.91. The number of likely N-dealkylation sites (N-methyl/N-ethyl adjacent to an activating group) is 1. The first-order chi connectivity index (χ1) is 10.7. The minimum atomic E-state index is 0.545. The lowest BCUT2D eigenvalue weighted by atomic mass is 10.1. The van der Waals surface area contributed by atoms with Crippen LogP contribution in [0.15, 0.2) is 30.5 Å². The monoisotopic (exact) mass is 299 g/mol. The summed E-state index contributed by atoms with van der Waals surface area (Å²) in [4.78, 5) is 9.12. The fraction of sp³-hybridized carbons (Fsp3) is 0.438. The molecule has 1 fully saturated rings. The number of benzene rings is 1. The molecule has 0 saturated carbocycles. The van der Waals surface area contributed by atoms with Gasteiger partial charge in [-0.2, -0.15) is 5.10 Å². The van der Waals surface area contributed by atoms with Gasteiger partial charge in [-0.15, -0.1) is 5.10 Å². The van der Waals surface area contributed by atoms with Gasteiger partial charge in [0.1, 0.15) is 5.75 Å². The summed E-state index contributed by atoms with van der Waals surface area (Å²) >= 11 is 0. The molecular weight excluding hydrogens is 278 g/mol. The highest BCUT2D eigenvalue weighted by atomic mass is 16.5. The van der Waals surface area contributed by atoms with Gasteiger partial charge in [-0.25, -0.2) is 4.98 Å². The minimum absolute atomic E-state index is 0.545. The Labute approximate surface area is 130 Å². The van der Waals surface area contributed by atoms with Crippen LogP contribution >= 0.6 is 0 Å². The molecule has 1 aromatic carbocycles. The van der Waals surface area contributed by atoms with Gasteiger partial charge in [-0.1, -0.05) is 12.1 Å². The zero-order valence-electron chi connectivity index (χ0n) is 13.2. The molecule has 3 rings (SSSR count). The van der Waals surface area contributed by atoms with E-state index < -0.39 is 0 Å². The van der Waals surface area contributed by atoms with E-state index in [0.29, 0.717) is 12.0 Å². The average Bonchev–Trinajstić information content (AvgIpc) is 3.05. The molecule has 0 spiro atoms. The molecular formula is C16H21N5O. The molecule has 1 aliphatic rings. The van der Waals surface area contributed by atoms with Crippen molar-refractivity contribution in [1.82, 2.24) is 20.1 Å². The summed E-state index contributed by atoms with van der Waals surface area (Å²) in [6.07, 6.45) is 2.82. The van der Waals surface area contributed by atoms with Crippen LogP contribution in [-0.2, 0) is 0 Å². The number of nitrogens with zero attached hydrogens (tertiary/aromatic N) is 5. The highest BCUT2D eigenvalue weighted by Crippen LogP contribution is 2.24. The maximum Gasteiger partial charge on any atom is 0.245 e. The number of aromatic nitrogens is 3. The molecule has 6 heteroatoms. The van der Waals surface area contributed by atoms with Crippen LogP contribution in [0.25, 0.3) is 11.3 Å². The Morgan fingerprint density at radius 1 is 1.32 bits per heavy atom. The van der Waals surface area contributed by atoms with Crippen LogP contribution in [0, 0.1) is 0 Å². The molecule has 1 unspecified atom stereocenters. The second-order valence-electron chi connectivity index (χ2n) is 5.73. The Bertz CT molecular complexity index is 646. The Morgan fingerprint density at radius 3 is 2.91 bits per heavy atom. The maximum absolute atomic E-state index is 5.27. The quantitative estimate of drug-likeness (QED) is 0.856. The van der Waals surface area contributed by atoms with Gasteiger partial charge in [0.25, 0.3) is 0 Å². The van der Waals surface area contributed by atoms with Crippen LogP contribution in [0.3, 0.4) is 0 Å². The van der Waals surface area contributed by atoms with Gasteiger partial charge in [0.05, 0.1) is 19.0 Å². The Balaban J connectivity index is 1.84. The predicted octanol–water partition coefficient (Wildman–Crippen LogP) is 1.69. The summed E-state index contributed by atoms with van der Waals surface area (Å²) in [7, 11) is 5.88. The molecule has 0 aliphatic carbocycles. The van der Waals surface area contributed by atoms with Crippen LogP contribution in [0.5, 0.6) is 5.75 Å². The lowest BCUT2D eigenvalue weighted by molar-refractivity contribution is 0.315. The third-order valence-electron chi connectivity index (χ3n) is 4.09. The van der Waals surface area contributed by atoms with Crippen molar-refractivity contribution in [3.05, 3.63) is 30.5 Å². The normalized spacial score (nSPS) is 18.0. The summed E-state index contributed by atoms with van der Waals surface area (Å²) in [5.41, 5.74) is 1.80. The van der Waals surface area contributed by atoms with E-state index in [1.807, 2.05) is 24.3 Å². The number of hydrogen-bond acceptors (Lipinski definition) is 6. The van der Waals surface area contributed by atoms with Gasteiger partial charge in [-0.3, -0.25) is 0 Å². The lowest BCUT2D eigenvalue weighted by Gasteiger charge is -2.20. The number of rotatable bonds is 4. The standard InChI is InChI=1S/C16H21N5O/c1-20(2)13-7-8-21(11-13)16-18-15(10-17-19-16)12-5-4-6-14(9-12)22-3/h4-6,9-10,13H,7-8,11H2,1-3H3. The summed E-state index contributed by atoms with van der Waals surface area (Å²) in [6, 6.07) is 8.38. The van der Waals surface area contributed by atoms with E-state index in [9.17, 15) is 0 Å². The molecule has 2 heterocycles. The molecule has 2 aromatic rings. The fourth-order valence-electron chi connectivity index (χ4n) is 2.69. The van der Waals surface area contributed by atoms with Crippen molar-refractivity contribution in [2.24, 2.45) is 0 Å². The summed E-state index contributed by atoms with van der Waals surface area (Å²) in [5.74, 6) is 1.51. The zero-order chi connectivity index (χ0) is 15.5. The van der Waals surface area contributed by atoms with Crippen LogP contribution in [0.1, 0.15) is 6.42 Å². The topological polar surface area (TPSA) is 54.4 Å². The van der Waals surface area contributed by atoms with Gasteiger partial charge < -0.3 is 14.5 Å². The minimum Gasteiger partial charge on any atom is -0.497 e. The molecule has 1 aliphatic heterocycles. The van der Waals surface area contributed by atoms with E-state index in [1.165, 1.54) is 0 Å². The molecule has 1 saturated heterocycles. The molecule has 1 aromatic heterocycles. The van der Waals surface area contributed by atoms with Gasteiger partial charge in [0.15, 0.2) is 0 Å². The lowest BCUT2D eigenvalue weighted by Crippen LogP contribution is -2.32. The Kier molecular flexibility index (Phi) is 4.20. The summed E-state index contributed by atoms with van der Waals surface area (Å²) in [5, 5.41) is 8.32. The molecule has 22 heavy (non-hydrogen) atoms. The predicted molar refractivity (Wildman–Crippen MR) is 86.1 cm³/mol. The van der Waals surface area contributed by atoms with Gasteiger partial charge >= 0.3 is 0 Å². The van der Waals surface area contributed by atoms with Crippen molar-refractivity contribution in [1.29, 1.82) is 0 Å². The van der Waals surface area contributed by atoms with E-state index in [-0.39, 0.29) is 0 Å². The Hall–Kier alpha value is -2.21. The molecule has 0 bridgehead atoms. The first-order valence-corrected chi connectivity index (χ1v) is 7.43. The molecule has 0 radical (unpaired) electrons. The molecule has 0 N–H and O–H groups in total. The maximum atomic E-state index is 5.27. The fourth-order valence-corrected chi connectivity index (χ4v) is 2.69. The molecule has 1 atom stereocenters. The molecule has 6 nitrogen and oxygen atoms in total. The first kappa shape index (κ1) is 14.7. The van der Waals surface area contributed by atoms with E-state index in [1.54, 1.807) is 13.3 Å². The van der Waals surface area contributed by atoms with Crippen LogP contribution < -0.4 is 9.64 Å². The van der Waals surface area contributed by atoms with Crippen LogP contribution in [-0.4, -0.2) is 60.4 Å². The van der Waals surface area contributed by atoms with Crippen molar-refractivity contribution in [2.45, 2.75) is 12.5 Å². The molecule has 0 amide bonds. The number of methoxy groups -OCH3 is 1. The highest BCUT2D eigenvalue weighted by Gasteiger charge is 2.26. The highest BCUT2D eigenvalue weighted by molar-refractivity contribution is 5.61. The Morgan fingerprint density at radius 2 is 2.18 bits per heavy atom. The first-order valence-electron chi connectivity index (χ1n) is 7.43. The zero-order valence-corrected chi connectivity index (χ0v) is 13.2. The second kappa shape index (κ2) is 6.27. The third kappa shape index (κ3) is 3.01. The van der Waals surface area contributed by atoms with Gasteiger partial charge in [-0.05, 0) is 32.6 Å².